The van der Waals surface area contributed by atoms with Crippen LogP contribution in [-0.4, -0.2) is 51.3 Å². The number of ether oxygens (including phenoxy) is 4. The zero-order valence-electron chi connectivity index (χ0n) is 20.9. The number of benzene rings is 3. The molecule has 190 valence electrons. The van der Waals surface area contributed by atoms with E-state index in [4.69, 9.17) is 9.47 Å². The molecule has 0 aliphatic rings. The molecule has 0 N–H and O–H groups in total. The molecule has 8 heteroatoms. The van der Waals surface area contributed by atoms with Gasteiger partial charge < -0.3 is 18.9 Å². The highest BCUT2D eigenvalue weighted by molar-refractivity contribution is 5.99. The van der Waals surface area contributed by atoms with Crippen LogP contribution in [0.15, 0.2) is 60.7 Å². The number of hydrogen-bond donors (Lipinski definition) is 0. The van der Waals surface area contributed by atoms with Crippen molar-refractivity contribution in [3.63, 3.8) is 0 Å². The summed E-state index contributed by atoms with van der Waals surface area (Å²) in [7, 11) is 2.66. The highest BCUT2D eigenvalue weighted by Gasteiger charge is 2.11. The van der Waals surface area contributed by atoms with Gasteiger partial charge in [-0.1, -0.05) is 26.0 Å². The molecule has 0 radical (unpaired) electrons. The Morgan fingerprint density at radius 2 is 0.861 bits per heavy atom. The van der Waals surface area contributed by atoms with Crippen molar-refractivity contribution in [3.8, 4) is 0 Å². The number of carbonyl (C=O) groups excluding carboxylic acids is 4. The summed E-state index contributed by atoms with van der Waals surface area (Å²) in [6.45, 7) is 4.69. The van der Waals surface area contributed by atoms with E-state index in [0.29, 0.717) is 35.5 Å². The molecule has 0 bridgehead atoms. The van der Waals surface area contributed by atoms with Gasteiger partial charge in [0.05, 0.1) is 49.7 Å². The van der Waals surface area contributed by atoms with Gasteiger partial charge in [-0.3, -0.25) is 0 Å². The van der Waals surface area contributed by atoms with E-state index < -0.39 is 5.97 Å². The van der Waals surface area contributed by atoms with Crippen LogP contribution in [0.2, 0.25) is 0 Å². The molecule has 0 saturated carbocycles. The summed E-state index contributed by atoms with van der Waals surface area (Å²) in [5.74, 6) is -1.50. The Kier molecular flexibility index (Phi) is 11.1. The Labute approximate surface area is 210 Å². The maximum atomic E-state index is 11.8. The number of methoxy groups -OCH3 is 2. The Hall–Kier alpha value is -4.20. The number of esters is 4. The van der Waals surface area contributed by atoms with Gasteiger partial charge >= 0.3 is 23.9 Å². The van der Waals surface area contributed by atoms with Crippen LogP contribution < -0.4 is 0 Å². The van der Waals surface area contributed by atoms with Crippen LogP contribution in [0.3, 0.4) is 0 Å². The van der Waals surface area contributed by atoms with Crippen LogP contribution in [0.5, 0.6) is 0 Å². The number of hydrogen-bond acceptors (Lipinski definition) is 8. The van der Waals surface area contributed by atoms with Gasteiger partial charge in [-0.05, 0) is 72.1 Å². The molecule has 36 heavy (non-hydrogen) atoms. The molecular weight excluding hydrogens is 464 g/mol. The van der Waals surface area contributed by atoms with Crippen molar-refractivity contribution in [2.75, 3.05) is 27.4 Å². The first kappa shape index (κ1) is 28.0. The SMILES string of the molecule is CCCOC(=O)c1ccc(C(=O)OC)cc1.CCCOC(=O)c1ccc2cc(C(=O)OC)ccc2c1. The third kappa shape index (κ3) is 7.94. The highest BCUT2D eigenvalue weighted by atomic mass is 16.5. The van der Waals surface area contributed by atoms with E-state index in [1.165, 1.54) is 26.4 Å². The van der Waals surface area contributed by atoms with E-state index in [-0.39, 0.29) is 17.9 Å². The second-order valence-corrected chi connectivity index (χ2v) is 7.61. The summed E-state index contributed by atoms with van der Waals surface area (Å²) in [6.07, 6.45) is 1.58. The topological polar surface area (TPSA) is 105 Å². The molecule has 3 aromatic carbocycles. The fourth-order valence-electron chi connectivity index (χ4n) is 3.03. The third-order valence-corrected chi connectivity index (χ3v) is 4.91. The lowest BCUT2D eigenvalue weighted by atomic mass is 10.0. The van der Waals surface area contributed by atoms with Crippen molar-refractivity contribution >= 4 is 34.6 Å². The largest absolute Gasteiger partial charge is 0.465 e. The minimum atomic E-state index is -0.423. The third-order valence-electron chi connectivity index (χ3n) is 4.91. The summed E-state index contributed by atoms with van der Waals surface area (Å²) in [5.41, 5.74) is 1.84. The lowest BCUT2D eigenvalue weighted by Crippen LogP contribution is -2.07. The average Bonchev–Trinajstić information content (AvgIpc) is 2.93. The molecule has 0 aliphatic heterocycles. The molecule has 0 spiro atoms. The van der Waals surface area contributed by atoms with Gasteiger partial charge in [0.15, 0.2) is 0 Å². The minimum Gasteiger partial charge on any atom is -0.465 e. The summed E-state index contributed by atoms with van der Waals surface area (Å²) in [5, 5.41) is 1.75. The lowest BCUT2D eigenvalue weighted by molar-refractivity contribution is 0.0496. The van der Waals surface area contributed by atoms with Crippen molar-refractivity contribution in [2.45, 2.75) is 26.7 Å². The van der Waals surface area contributed by atoms with Crippen molar-refractivity contribution in [1.82, 2.24) is 0 Å². The smallest absolute Gasteiger partial charge is 0.338 e. The zero-order chi connectivity index (χ0) is 26.5. The van der Waals surface area contributed by atoms with E-state index in [9.17, 15) is 19.2 Å². The van der Waals surface area contributed by atoms with Gasteiger partial charge in [0.2, 0.25) is 0 Å². The summed E-state index contributed by atoms with van der Waals surface area (Å²) in [4.78, 5) is 45.8. The van der Waals surface area contributed by atoms with Gasteiger partial charge in [-0.15, -0.1) is 0 Å². The Balaban J connectivity index is 0.000000261. The van der Waals surface area contributed by atoms with Crippen LogP contribution in [-0.2, 0) is 18.9 Å². The first-order valence-corrected chi connectivity index (χ1v) is 11.5. The fourth-order valence-corrected chi connectivity index (χ4v) is 3.03. The second kappa shape index (κ2) is 14.3. The predicted octanol–water partition coefficient (Wildman–Crippen LogP) is 5.23. The van der Waals surface area contributed by atoms with E-state index in [1.807, 2.05) is 13.8 Å². The molecule has 0 saturated heterocycles. The Morgan fingerprint density at radius 1 is 0.528 bits per heavy atom. The van der Waals surface area contributed by atoms with Gasteiger partial charge in [-0.25, -0.2) is 19.2 Å². The Bertz CT molecular complexity index is 1200. The van der Waals surface area contributed by atoms with Gasteiger partial charge in [0, 0.05) is 0 Å². The molecule has 0 aliphatic carbocycles. The van der Waals surface area contributed by atoms with E-state index in [2.05, 4.69) is 9.47 Å². The molecule has 0 aromatic heterocycles. The summed E-state index contributed by atoms with van der Waals surface area (Å²) < 4.78 is 19.3. The summed E-state index contributed by atoms with van der Waals surface area (Å²) in [6, 6.07) is 16.6. The molecule has 0 unspecified atom stereocenters. The van der Waals surface area contributed by atoms with Crippen molar-refractivity contribution in [2.24, 2.45) is 0 Å². The fraction of sp³-hybridized carbons (Fsp3) is 0.286. The number of rotatable bonds is 8. The van der Waals surface area contributed by atoms with E-state index >= 15 is 0 Å². The van der Waals surface area contributed by atoms with Crippen LogP contribution in [0.25, 0.3) is 10.8 Å². The second-order valence-electron chi connectivity index (χ2n) is 7.61. The van der Waals surface area contributed by atoms with Crippen molar-refractivity contribution in [1.29, 1.82) is 0 Å². The van der Waals surface area contributed by atoms with Crippen molar-refractivity contribution < 1.29 is 38.1 Å². The quantitative estimate of drug-likeness (QED) is 0.310. The molecular formula is C28H30O8. The monoisotopic (exact) mass is 494 g/mol. The van der Waals surface area contributed by atoms with Crippen LogP contribution in [0.1, 0.15) is 68.1 Å². The molecule has 0 fully saturated rings. The van der Waals surface area contributed by atoms with Gasteiger partial charge in [0.25, 0.3) is 0 Å². The van der Waals surface area contributed by atoms with Crippen molar-refractivity contribution in [3.05, 3.63) is 82.9 Å². The van der Waals surface area contributed by atoms with Gasteiger partial charge in [0.1, 0.15) is 0 Å². The average molecular weight is 495 g/mol. The maximum Gasteiger partial charge on any atom is 0.338 e. The number of carbonyl (C=O) groups is 4. The molecule has 0 atom stereocenters. The normalized spacial score (nSPS) is 10.0. The van der Waals surface area contributed by atoms with Crippen LogP contribution in [0.4, 0.5) is 0 Å². The molecule has 3 rings (SSSR count). The lowest BCUT2D eigenvalue weighted by Gasteiger charge is -2.06. The van der Waals surface area contributed by atoms with E-state index in [1.54, 1.807) is 48.5 Å². The maximum absolute atomic E-state index is 11.8. The Morgan fingerprint density at radius 3 is 1.28 bits per heavy atom. The first-order valence-electron chi connectivity index (χ1n) is 11.5. The standard InChI is InChI=1S/C16H16O4.C12H14O4/c1-3-8-20-16(18)14-7-5-11-9-13(15(17)19-2)6-4-12(11)10-14;1-3-8-16-12(14)10-6-4-9(5-7-10)11(13)15-2/h4-7,9-10H,3,8H2,1-2H3;4-7H,3,8H2,1-2H3. The molecule has 8 nitrogen and oxygen atoms in total. The minimum absolute atomic E-state index is 0.328. The molecule has 3 aromatic rings. The predicted molar refractivity (Wildman–Crippen MR) is 134 cm³/mol. The molecule has 0 amide bonds. The highest BCUT2D eigenvalue weighted by Crippen LogP contribution is 2.19. The zero-order valence-corrected chi connectivity index (χ0v) is 20.9. The van der Waals surface area contributed by atoms with Crippen LogP contribution in [0, 0.1) is 0 Å². The molecule has 0 heterocycles. The number of fused-ring (bicyclic) bond motifs is 1. The van der Waals surface area contributed by atoms with Crippen LogP contribution >= 0.6 is 0 Å². The van der Waals surface area contributed by atoms with E-state index in [0.717, 1.165) is 23.6 Å². The first-order chi connectivity index (χ1) is 17.3. The van der Waals surface area contributed by atoms with Gasteiger partial charge in [-0.2, -0.15) is 0 Å². The summed E-state index contributed by atoms with van der Waals surface area (Å²) >= 11 is 0.